The molecule has 13 heteroatoms. The smallest absolute Gasteiger partial charge is 0.331 e. The highest BCUT2D eigenvalue weighted by Gasteiger charge is 2.36. The average molecular weight is 559 g/mol. The highest BCUT2D eigenvalue weighted by atomic mass is 33.1. The minimum atomic E-state index is -1.41. The molecule has 208 valence electrons. The molecule has 2 rings (SSSR count). The fourth-order valence-electron chi connectivity index (χ4n) is 3.71. The van der Waals surface area contributed by atoms with Crippen LogP contribution in [-0.2, 0) is 28.7 Å². The van der Waals surface area contributed by atoms with E-state index < -0.39 is 66.0 Å². The minimum absolute atomic E-state index is 0.194. The van der Waals surface area contributed by atoms with E-state index in [1.807, 2.05) is 0 Å². The Morgan fingerprint density at radius 2 is 1.43 bits per heavy atom. The second-order valence-corrected chi connectivity index (χ2v) is 12.4. The summed E-state index contributed by atoms with van der Waals surface area (Å²) in [5, 5.41) is 20.8. The monoisotopic (exact) mass is 558 g/mol. The summed E-state index contributed by atoms with van der Waals surface area (Å²) in [7, 11) is 2.89. The van der Waals surface area contributed by atoms with Gasteiger partial charge in [0, 0.05) is 11.5 Å². The van der Waals surface area contributed by atoms with Gasteiger partial charge in [-0.3, -0.25) is 19.2 Å². The lowest BCUT2D eigenvalue weighted by Crippen LogP contribution is -2.61. The molecule has 11 nitrogen and oxygen atoms in total. The molecule has 0 aromatic carbocycles. The van der Waals surface area contributed by atoms with Gasteiger partial charge in [0.25, 0.3) is 0 Å². The van der Waals surface area contributed by atoms with Crippen molar-refractivity contribution in [3.8, 4) is 0 Å². The van der Waals surface area contributed by atoms with Crippen LogP contribution in [0.2, 0.25) is 0 Å². The zero-order chi connectivity index (χ0) is 27.7. The number of carbonyl (C=O) groups excluding carboxylic acids is 5. The van der Waals surface area contributed by atoms with Crippen LogP contribution in [0.25, 0.3) is 0 Å². The maximum absolute atomic E-state index is 13.3. The van der Waals surface area contributed by atoms with Crippen molar-refractivity contribution >= 4 is 51.2 Å². The summed E-state index contributed by atoms with van der Waals surface area (Å²) in [5.41, 5.74) is 0. The lowest BCUT2D eigenvalue weighted by molar-refractivity contribution is -0.155. The Kier molecular flexibility index (Phi) is 12.2. The van der Waals surface area contributed by atoms with E-state index in [-0.39, 0.29) is 24.0 Å². The van der Waals surface area contributed by atoms with E-state index in [1.54, 1.807) is 39.8 Å². The molecule has 0 spiro atoms. The van der Waals surface area contributed by atoms with Gasteiger partial charge in [-0.05, 0) is 31.3 Å². The van der Waals surface area contributed by atoms with Gasteiger partial charge in [0.1, 0.15) is 24.2 Å². The first-order valence-corrected chi connectivity index (χ1v) is 14.9. The molecule has 0 saturated carbocycles. The Morgan fingerprint density at radius 1 is 0.838 bits per heavy atom. The number of hydrogen-bond donors (Lipinski definition) is 5. The van der Waals surface area contributed by atoms with Gasteiger partial charge < -0.3 is 31.1 Å². The zero-order valence-electron chi connectivity index (χ0n) is 21.8. The van der Waals surface area contributed by atoms with Crippen LogP contribution in [0.4, 0.5) is 0 Å². The Balaban J connectivity index is 2.55. The summed E-state index contributed by atoms with van der Waals surface area (Å²) in [6, 6.07) is -4.37. The maximum Gasteiger partial charge on any atom is 0.331 e. The molecule has 2 aliphatic heterocycles. The lowest BCUT2D eigenvalue weighted by Gasteiger charge is -2.30. The van der Waals surface area contributed by atoms with E-state index in [0.29, 0.717) is 12.2 Å². The highest BCUT2D eigenvalue weighted by molar-refractivity contribution is 8.76. The first kappa shape index (κ1) is 31.0. The van der Waals surface area contributed by atoms with Gasteiger partial charge in [-0.15, -0.1) is 0 Å². The summed E-state index contributed by atoms with van der Waals surface area (Å²) in [5.74, 6) is -2.97. The minimum Gasteiger partial charge on any atom is -0.456 e. The molecule has 0 aliphatic carbocycles. The van der Waals surface area contributed by atoms with Crippen LogP contribution in [0.5, 0.6) is 0 Å². The highest BCUT2D eigenvalue weighted by Crippen LogP contribution is 2.24. The molecule has 2 heterocycles. The SMILES string of the molecule is CC(C)C1NC(=O)C[C@H]2/C=C/CCSSC[C@@H](NC(=O)C(C(C)C)NC1=O)C(=O)NC([C@@H](C)O)C(=O)O2. The molecule has 4 amide bonds. The molecule has 3 unspecified atom stereocenters. The van der Waals surface area contributed by atoms with Crippen LogP contribution in [0.3, 0.4) is 0 Å². The van der Waals surface area contributed by atoms with Gasteiger partial charge in [-0.1, -0.05) is 55.4 Å². The van der Waals surface area contributed by atoms with E-state index in [4.69, 9.17) is 4.74 Å². The number of fused-ring (bicyclic) bond motifs is 6. The Labute approximate surface area is 225 Å². The summed E-state index contributed by atoms with van der Waals surface area (Å²) < 4.78 is 5.51. The quantitative estimate of drug-likeness (QED) is 0.186. The molecule has 0 aromatic rings. The van der Waals surface area contributed by atoms with Crippen LogP contribution < -0.4 is 21.3 Å². The van der Waals surface area contributed by atoms with Crippen molar-refractivity contribution in [2.75, 3.05) is 11.5 Å². The van der Waals surface area contributed by atoms with Gasteiger partial charge in [0.15, 0.2) is 6.04 Å². The maximum atomic E-state index is 13.3. The molecule has 37 heavy (non-hydrogen) atoms. The van der Waals surface area contributed by atoms with E-state index in [2.05, 4.69) is 21.3 Å². The van der Waals surface area contributed by atoms with Crippen molar-refractivity contribution in [2.45, 2.75) is 83.8 Å². The van der Waals surface area contributed by atoms with Crippen LogP contribution in [0.1, 0.15) is 47.5 Å². The molecule has 1 fully saturated rings. The van der Waals surface area contributed by atoms with Crippen molar-refractivity contribution in [1.82, 2.24) is 21.3 Å². The lowest BCUT2D eigenvalue weighted by atomic mass is 9.99. The number of ether oxygens (including phenoxy) is 1. The fourth-order valence-corrected chi connectivity index (χ4v) is 5.87. The van der Waals surface area contributed by atoms with E-state index in [9.17, 15) is 29.1 Å². The predicted molar refractivity (Wildman–Crippen MR) is 142 cm³/mol. The molecular formula is C24H38N4O7S2. The van der Waals surface area contributed by atoms with Crippen LogP contribution in [0.15, 0.2) is 12.2 Å². The van der Waals surface area contributed by atoms with Crippen molar-refractivity contribution < 1.29 is 33.8 Å². The molecule has 2 bridgehead atoms. The second-order valence-electron chi connectivity index (χ2n) is 9.81. The molecular weight excluding hydrogens is 520 g/mol. The molecule has 5 N–H and O–H groups in total. The number of esters is 1. The molecule has 0 radical (unpaired) electrons. The third kappa shape index (κ3) is 9.53. The van der Waals surface area contributed by atoms with Crippen molar-refractivity contribution in [3.05, 3.63) is 12.2 Å². The third-order valence-corrected chi connectivity index (χ3v) is 8.32. The molecule has 1 saturated heterocycles. The number of amides is 4. The summed E-state index contributed by atoms with van der Waals surface area (Å²) in [6.07, 6.45) is 1.46. The van der Waals surface area contributed by atoms with Crippen molar-refractivity contribution in [3.63, 3.8) is 0 Å². The first-order valence-electron chi connectivity index (χ1n) is 12.4. The summed E-state index contributed by atoms with van der Waals surface area (Å²) in [4.78, 5) is 65.4. The van der Waals surface area contributed by atoms with Gasteiger partial charge in [-0.25, -0.2) is 4.79 Å². The molecule has 2 aliphatic rings. The van der Waals surface area contributed by atoms with E-state index in [1.165, 1.54) is 28.5 Å². The second kappa shape index (κ2) is 14.6. The summed E-state index contributed by atoms with van der Waals surface area (Å²) >= 11 is 0. The van der Waals surface area contributed by atoms with Crippen LogP contribution in [-0.4, -0.2) is 82.6 Å². The van der Waals surface area contributed by atoms with E-state index in [0.717, 1.165) is 0 Å². The third-order valence-electron chi connectivity index (χ3n) is 5.87. The van der Waals surface area contributed by atoms with Crippen molar-refractivity contribution in [1.29, 1.82) is 0 Å². The topological polar surface area (TPSA) is 163 Å². The number of nitrogens with one attached hydrogen (secondary N) is 4. The molecule has 6 atom stereocenters. The van der Waals surface area contributed by atoms with E-state index >= 15 is 0 Å². The standard InChI is InChI=1S/C24H38N4O7S2/c1-12(2)18-23(33)27-19(13(3)4)22(32)25-16-11-37-36-9-7-6-8-15(10-17(30)26-18)35-24(34)20(14(5)29)28-21(16)31/h6,8,12-16,18-20,29H,7,9-11H2,1-5H3,(H,25,32)(H,26,30)(H,27,33)(H,28,31)/b8-6+/t14-,15-,16-,18?,19?,20?/m1/s1. The van der Waals surface area contributed by atoms with Gasteiger partial charge in [0.05, 0.1) is 12.5 Å². The normalized spacial score (nSPS) is 30.9. The first-order chi connectivity index (χ1) is 17.4. The number of aliphatic hydroxyl groups excluding tert-OH is 1. The summed E-state index contributed by atoms with van der Waals surface area (Å²) in [6.45, 7) is 8.38. The number of allylic oxidation sites excluding steroid dienone is 1. The predicted octanol–water partition coefficient (Wildman–Crippen LogP) is 0.275. The van der Waals surface area contributed by atoms with Gasteiger partial charge in [0.2, 0.25) is 23.6 Å². The van der Waals surface area contributed by atoms with Gasteiger partial charge in [-0.2, -0.15) is 0 Å². The fraction of sp³-hybridized carbons (Fsp3) is 0.708. The van der Waals surface area contributed by atoms with Crippen LogP contribution >= 0.6 is 21.6 Å². The largest absolute Gasteiger partial charge is 0.456 e. The Bertz CT molecular complexity index is 881. The number of aliphatic hydroxyl groups is 1. The number of rotatable bonds is 3. The Morgan fingerprint density at radius 3 is 2.05 bits per heavy atom. The van der Waals surface area contributed by atoms with Crippen molar-refractivity contribution in [2.24, 2.45) is 11.8 Å². The number of carbonyl (C=O) groups is 5. The Hall–Kier alpha value is -2.25. The molecule has 0 aromatic heterocycles. The average Bonchev–Trinajstić information content (AvgIpc) is 2.80. The number of hydrogen-bond acceptors (Lipinski definition) is 9. The van der Waals surface area contributed by atoms with Gasteiger partial charge >= 0.3 is 5.97 Å². The van der Waals surface area contributed by atoms with Crippen LogP contribution in [0, 0.1) is 11.8 Å². The zero-order valence-corrected chi connectivity index (χ0v) is 23.4.